The van der Waals surface area contributed by atoms with Crippen LogP contribution >= 0.6 is 0 Å². The Morgan fingerprint density at radius 1 is 1.33 bits per heavy atom. The Morgan fingerprint density at radius 3 is 2.73 bits per heavy atom. The number of carbonyl (C=O) groups is 2. The standard InChI is InChI=1S/C11H20N2O2/c1-3-4-5-6-7-13-8-10(14)12-9(2)11(13)15/h9H,3-8H2,1-2H3,(H,12,14). The van der Waals surface area contributed by atoms with E-state index in [1.54, 1.807) is 11.8 Å². The van der Waals surface area contributed by atoms with Crippen LogP contribution in [0.5, 0.6) is 0 Å². The molecule has 1 fully saturated rings. The van der Waals surface area contributed by atoms with Crippen LogP contribution in [0.4, 0.5) is 0 Å². The van der Waals surface area contributed by atoms with Gasteiger partial charge in [-0.15, -0.1) is 0 Å². The highest BCUT2D eigenvalue weighted by Gasteiger charge is 2.28. The van der Waals surface area contributed by atoms with Crippen molar-refractivity contribution in [1.29, 1.82) is 0 Å². The summed E-state index contributed by atoms with van der Waals surface area (Å²) in [5.74, 6) is 0.00342. The van der Waals surface area contributed by atoms with E-state index in [4.69, 9.17) is 0 Å². The minimum Gasteiger partial charge on any atom is -0.343 e. The van der Waals surface area contributed by atoms with E-state index in [-0.39, 0.29) is 24.4 Å². The topological polar surface area (TPSA) is 49.4 Å². The first-order valence-corrected chi connectivity index (χ1v) is 5.73. The molecule has 1 N–H and O–H groups in total. The third kappa shape index (κ3) is 3.53. The van der Waals surface area contributed by atoms with Crippen LogP contribution in [0.15, 0.2) is 0 Å². The molecule has 4 nitrogen and oxygen atoms in total. The lowest BCUT2D eigenvalue weighted by atomic mass is 10.1. The lowest BCUT2D eigenvalue weighted by Gasteiger charge is -2.30. The van der Waals surface area contributed by atoms with Gasteiger partial charge in [0.15, 0.2) is 0 Å². The Kier molecular flexibility index (Phi) is 4.59. The first-order valence-electron chi connectivity index (χ1n) is 5.73. The second-order valence-corrected chi connectivity index (χ2v) is 4.11. The van der Waals surface area contributed by atoms with Crippen molar-refractivity contribution in [3.05, 3.63) is 0 Å². The molecular weight excluding hydrogens is 192 g/mol. The maximum absolute atomic E-state index is 11.6. The van der Waals surface area contributed by atoms with Gasteiger partial charge in [0.1, 0.15) is 6.04 Å². The van der Waals surface area contributed by atoms with Crippen LogP contribution in [0.1, 0.15) is 39.5 Å². The van der Waals surface area contributed by atoms with E-state index in [2.05, 4.69) is 12.2 Å². The summed E-state index contributed by atoms with van der Waals surface area (Å²) in [7, 11) is 0. The Labute approximate surface area is 91.0 Å². The van der Waals surface area contributed by atoms with Gasteiger partial charge >= 0.3 is 0 Å². The molecule has 0 aromatic rings. The van der Waals surface area contributed by atoms with Gasteiger partial charge in [0.2, 0.25) is 11.8 Å². The second kappa shape index (κ2) is 5.73. The number of piperazine rings is 1. The average Bonchev–Trinajstić information content (AvgIpc) is 2.19. The van der Waals surface area contributed by atoms with E-state index in [0.29, 0.717) is 0 Å². The molecule has 15 heavy (non-hydrogen) atoms. The molecule has 1 heterocycles. The van der Waals surface area contributed by atoms with E-state index in [1.165, 1.54) is 12.8 Å². The number of nitrogens with zero attached hydrogens (tertiary/aromatic N) is 1. The Morgan fingerprint density at radius 2 is 2.07 bits per heavy atom. The van der Waals surface area contributed by atoms with Gasteiger partial charge in [-0.2, -0.15) is 0 Å². The fourth-order valence-corrected chi connectivity index (χ4v) is 1.79. The van der Waals surface area contributed by atoms with Crippen LogP contribution < -0.4 is 5.32 Å². The molecule has 0 aromatic carbocycles. The van der Waals surface area contributed by atoms with Gasteiger partial charge in [0, 0.05) is 6.54 Å². The van der Waals surface area contributed by atoms with Crippen LogP contribution in [0, 0.1) is 0 Å². The highest BCUT2D eigenvalue weighted by molar-refractivity contribution is 5.94. The van der Waals surface area contributed by atoms with Crippen LogP contribution in [0.3, 0.4) is 0 Å². The van der Waals surface area contributed by atoms with Crippen LogP contribution in [0.2, 0.25) is 0 Å². The normalized spacial score (nSPS) is 21.7. The summed E-state index contributed by atoms with van der Waals surface area (Å²) in [6, 6.07) is -0.350. The van der Waals surface area contributed by atoms with Crippen molar-refractivity contribution in [3.63, 3.8) is 0 Å². The van der Waals surface area contributed by atoms with Crippen molar-refractivity contribution < 1.29 is 9.59 Å². The molecule has 1 atom stereocenters. The van der Waals surface area contributed by atoms with Gasteiger partial charge in [-0.1, -0.05) is 26.2 Å². The number of hydrogen-bond donors (Lipinski definition) is 1. The van der Waals surface area contributed by atoms with Gasteiger partial charge in [-0.3, -0.25) is 9.59 Å². The molecule has 86 valence electrons. The molecule has 0 bridgehead atoms. The predicted octanol–water partition coefficient (Wildman–Crippen LogP) is 0.914. The molecule has 0 radical (unpaired) electrons. The van der Waals surface area contributed by atoms with E-state index in [9.17, 15) is 9.59 Å². The molecule has 1 saturated heterocycles. The first kappa shape index (κ1) is 12.0. The summed E-state index contributed by atoms with van der Waals surface area (Å²) >= 11 is 0. The Balaban J connectivity index is 2.32. The Bertz CT molecular complexity index is 241. The van der Waals surface area contributed by atoms with Gasteiger partial charge < -0.3 is 10.2 Å². The maximum atomic E-state index is 11.6. The molecule has 0 aromatic heterocycles. The molecule has 0 saturated carbocycles. The number of hydrogen-bond acceptors (Lipinski definition) is 2. The maximum Gasteiger partial charge on any atom is 0.245 e. The first-order chi connectivity index (χ1) is 7.15. The molecule has 4 heteroatoms. The third-order valence-corrected chi connectivity index (χ3v) is 2.68. The fourth-order valence-electron chi connectivity index (χ4n) is 1.79. The van der Waals surface area contributed by atoms with E-state index < -0.39 is 0 Å². The van der Waals surface area contributed by atoms with Crippen molar-refractivity contribution in [1.82, 2.24) is 10.2 Å². The molecule has 1 rings (SSSR count). The summed E-state index contributed by atoms with van der Waals surface area (Å²) in [5, 5.41) is 2.63. The van der Waals surface area contributed by atoms with E-state index >= 15 is 0 Å². The van der Waals surface area contributed by atoms with Gasteiger partial charge in [0.25, 0.3) is 0 Å². The highest BCUT2D eigenvalue weighted by atomic mass is 16.2. The Hall–Kier alpha value is -1.06. The van der Waals surface area contributed by atoms with Gasteiger partial charge in [0.05, 0.1) is 6.54 Å². The average molecular weight is 212 g/mol. The lowest BCUT2D eigenvalue weighted by molar-refractivity contribution is -0.143. The van der Waals surface area contributed by atoms with Crippen LogP contribution in [-0.2, 0) is 9.59 Å². The van der Waals surface area contributed by atoms with Crippen molar-refractivity contribution in [2.24, 2.45) is 0 Å². The predicted molar refractivity (Wildman–Crippen MR) is 58.3 cm³/mol. The number of unbranched alkanes of at least 4 members (excludes halogenated alkanes) is 3. The highest BCUT2D eigenvalue weighted by Crippen LogP contribution is 2.06. The molecule has 0 spiro atoms. The summed E-state index contributed by atoms with van der Waals surface area (Å²) < 4.78 is 0. The SMILES string of the molecule is CCCCCCN1CC(=O)NC(C)C1=O. The van der Waals surface area contributed by atoms with Crippen molar-refractivity contribution in [2.75, 3.05) is 13.1 Å². The molecule has 1 unspecified atom stereocenters. The van der Waals surface area contributed by atoms with Crippen LogP contribution in [-0.4, -0.2) is 35.8 Å². The largest absolute Gasteiger partial charge is 0.343 e. The van der Waals surface area contributed by atoms with Gasteiger partial charge in [-0.05, 0) is 13.3 Å². The van der Waals surface area contributed by atoms with Crippen molar-refractivity contribution in [3.8, 4) is 0 Å². The summed E-state index contributed by atoms with van der Waals surface area (Å²) in [6.45, 7) is 4.84. The number of nitrogens with one attached hydrogen (secondary N) is 1. The fraction of sp³-hybridized carbons (Fsp3) is 0.818. The number of amides is 2. The second-order valence-electron chi connectivity index (χ2n) is 4.11. The molecule has 1 aliphatic heterocycles. The minimum atomic E-state index is -0.350. The van der Waals surface area contributed by atoms with E-state index in [0.717, 1.165) is 19.4 Å². The van der Waals surface area contributed by atoms with Crippen LogP contribution in [0.25, 0.3) is 0 Å². The smallest absolute Gasteiger partial charge is 0.245 e. The zero-order chi connectivity index (χ0) is 11.3. The van der Waals surface area contributed by atoms with E-state index in [1.807, 2.05) is 0 Å². The minimum absolute atomic E-state index is 0.0439. The molecule has 2 amide bonds. The zero-order valence-corrected chi connectivity index (χ0v) is 9.58. The van der Waals surface area contributed by atoms with Gasteiger partial charge in [-0.25, -0.2) is 0 Å². The molecular formula is C11H20N2O2. The van der Waals surface area contributed by atoms with Crippen molar-refractivity contribution >= 4 is 11.8 Å². The number of carbonyl (C=O) groups excluding carboxylic acids is 2. The number of rotatable bonds is 5. The summed E-state index contributed by atoms with van der Waals surface area (Å²) in [4.78, 5) is 24.5. The summed E-state index contributed by atoms with van der Waals surface area (Å²) in [5.41, 5.74) is 0. The van der Waals surface area contributed by atoms with Crippen molar-refractivity contribution in [2.45, 2.75) is 45.6 Å². The molecule has 0 aliphatic carbocycles. The summed E-state index contributed by atoms with van der Waals surface area (Å²) in [6.07, 6.45) is 4.52. The third-order valence-electron chi connectivity index (χ3n) is 2.68. The lowest BCUT2D eigenvalue weighted by Crippen LogP contribution is -2.56. The quantitative estimate of drug-likeness (QED) is 0.689. The zero-order valence-electron chi connectivity index (χ0n) is 9.58. The molecule has 1 aliphatic rings. The monoisotopic (exact) mass is 212 g/mol.